The molecule has 0 radical (unpaired) electrons. The van der Waals surface area contributed by atoms with Gasteiger partial charge in [0.25, 0.3) is 0 Å². The molecule has 0 aliphatic heterocycles. The van der Waals surface area contributed by atoms with E-state index in [1.807, 2.05) is 23.7 Å². The van der Waals surface area contributed by atoms with Crippen molar-refractivity contribution in [3.63, 3.8) is 0 Å². The molecule has 0 aromatic carbocycles. The molecule has 0 saturated heterocycles. The third kappa shape index (κ3) is 2.71. The first-order valence-electron chi connectivity index (χ1n) is 7.17. The first-order valence-corrected chi connectivity index (χ1v) is 8.05. The monoisotopic (exact) mass is 300 g/mol. The molecule has 4 nitrogen and oxygen atoms in total. The molecular formula is C16H20N4S. The molecule has 1 unspecified atom stereocenters. The summed E-state index contributed by atoms with van der Waals surface area (Å²) < 4.78 is 1.93. The Hall–Kier alpha value is -1.72. The van der Waals surface area contributed by atoms with E-state index in [1.54, 1.807) is 11.3 Å². The lowest BCUT2D eigenvalue weighted by Crippen LogP contribution is -2.23. The van der Waals surface area contributed by atoms with Gasteiger partial charge in [0.15, 0.2) is 5.65 Å². The van der Waals surface area contributed by atoms with Gasteiger partial charge in [0, 0.05) is 40.5 Å². The Balaban J connectivity index is 1.87. The summed E-state index contributed by atoms with van der Waals surface area (Å²) in [5, 5.41) is 10.3. The minimum absolute atomic E-state index is 0.225. The highest BCUT2D eigenvalue weighted by atomic mass is 32.1. The molecule has 1 N–H and O–H groups in total. The highest BCUT2D eigenvalue weighted by Crippen LogP contribution is 2.24. The number of nitrogens with one attached hydrogen (secondary N) is 1. The largest absolute Gasteiger partial charge is 0.303 e. The highest BCUT2D eigenvalue weighted by Gasteiger charge is 2.16. The zero-order chi connectivity index (χ0) is 15.0. The number of thiophene rings is 1. The second-order valence-electron chi connectivity index (χ2n) is 5.48. The molecule has 2 atom stereocenters. The van der Waals surface area contributed by atoms with Crippen LogP contribution in [0, 0.1) is 13.8 Å². The first-order chi connectivity index (χ1) is 10.1. The normalized spacial score (nSPS) is 14.5. The van der Waals surface area contributed by atoms with Crippen molar-refractivity contribution < 1.29 is 0 Å². The number of fused-ring (bicyclic) bond motifs is 1. The summed E-state index contributed by atoms with van der Waals surface area (Å²) >= 11 is 1.78. The van der Waals surface area contributed by atoms with Crippen LogP contribution in [0.4, 0.5) is 0 Å². The zero-order valence-corrected chi connectivity index (χ0v) is 13.6. The van der Waals surface area contributed by atoms with Crippen LogP contribution in [0.1, 0.15) is 47.8 Å². The van der Waals surface area contributed by atoms with Crippen LogP contribution < -0.4 is 5.32 Å². The van der Waals surface area contributed by atoms with Gasteiger partial charge in [-0.2, -0.15) is 5.10 Å². The predicted octanol–water partition coefficient (Wildman–Crippen LogP) is 3.82. The summed E-state index contributed by atoms with van der Waals surface area (Å²) in [7, 11) is 0. The van der Waals surface area contributed by atoms with Gasteiger partial charge in [-0.1, -0.05) is 6.07 Å². The molecule has 3 heterocycles. The quantitative estimate of drug-likeness (QED) is 0.796. The van der Waals surface area contributed by atoms with Crippen molar-refractivity contribution >= 4 is 17.0 Å². The molecule has 3 aromatic heterocycles. The molecule has 0 bridgehead atoms. The van der Waals surface area contributed by atoms with Gasteiger partial charge in [-0.05, 0) is 39.1 Å². The van der Waals surface area contributed by atoms with E-state index in [-0.39, 0.29) is 6.04 Å². The fraction of sp³-hybridized carbons (Fsp3) is 0.375. The first kappa shape index (κ1) is 14.2. The summed E-state index contributed by atoms with van der Waals surface area (Å²) in [5.74, 6) is 0. The fourth-order valence-electron chi connectivity index (χ4n) is 2.69. The zero-order valence-electron chi connectivity index (χ0n) is 12.8. The number of rotatable bonds is 4. The molecule has 0 amide bonds. The van der Waals surface area contributed by atoms with Crippen molar-refractivity contribution in [2.75, 3.05) is 0 Å². The van der Waals surface area contributed by atoms with Crippen LogP contribution in [0.25, 0.3) is 5.65 Å². The van der Waals surface area contributed by atoms with Gasteiger partial charge >= 0.3 is 0 Å². The van der Waals surface area contributed by atoms with Gasteiger partial charge in [-0.25, -0.2) is 9.50 Å². The van der Waals surface area contributed by atoms with Crippen LogP contribution in [-0.2, 0) is 0 Å². The maximum atomic E-state index is 4.52. The Morgan fingerprint density at radius 1 is 1.24 bits per heavy atom. The summed E-state index contributed by atoms with van der Waals surface area (Å²) in [4.78, 5) is 5.87. The van der Waals surface area contributed by atoms with Crippen molar-refractivity contribution in [2.24, 2.45) is 0 Å². The molecule has 5 heteroatoms. The van der Waals surface area contributed by atoms with Crippen molar-refractivity contribution in [1.29, 1.82) is 0 Å². The van der Waals surface area contributed by atoms with E-state index in [2.05, 4.69) is 53.7 Å². The Morgan fingerprint density at radius 3 is 2.76 bits per heavy atom. The molecule has 0 aliphatic rings. The molecule has 110 valence electrons. The average Bonchev–Trinajstić information content (AvgIpc) is 3.07. The summed E-state index contributed by atoms with van der Waals surface area (Å²) in [6.45, 7) is 8.47. The van der Waals surface area contributed by atoms with Gasteiger partial charge in [-0.15, -0.1) is 11.3 Å². The Bertz CT molecular complexity index is 745. The second-order valence-corrected chi connectivity index (χ2v) is 6.46. The number of nitrogens with zero attached hydrogens (tertiary/aromatic N) is 3. The third-order valence-corrected chi connectivity index (χ3v) is 4.88. The van der Waals surface area contributed by atoms with E-state index in [0.717, 1.165) is 17.0 Å². The van der Waals surface area contributed by atoms with E-state index >= 15 is 0 Å². The fourth-order valence-corrected chi connectivity index (χ4v) is 3.43. The molecule has 3 rings (SSSR count). The van der Waals surface area contributed by atoms with Crippen molar-refractivity contribution in [3.8, 4) is 0 Å². The topological polar surface area (TPSA) is 42.2 Å². The van der Waals surface area contributed by atoms with Crippen LogP contribution in [-0.4, -0.2) is 14.6 Å². The molecule has 21 heavy (non-hydrogen) atoms. The van der Waals surface area contributed by atoms with Gasteiger partial charge in [0.2, 0.25) is 0 Å². The smallest absolute Gasteiger partial charge is 0.155 e. The molecule has 0 saturated carbocycles. The molecule has 0 spiro atoms. The third-order valence-electron chi connectivity index (χ3n) is 3.82. The summed E-state index contributed by atoms with van der Waals surface area (Å²) in [5.41, 5.74) is 4.24. The Labute approximate surface area is 128 Å². The molecule has 0 aliphatic carbocycles. The van der Waals surface area contributed by atoms with E-state index in [0.29, 0.717) is 6.04 Å². The lowest BCUT2D eigenvalue weighted by atomic mass is 10.1. The summed E-state index contributed by atoms with van der Waals surface area (Å²) in [6.07, 6.45) is 1.96. The Morgan fingerprint density at radius 2 is 2.05 bits per heavy atom. The van der Waals surface area contributed by atoms with Gasteiger partial charge in [-0.3, -0.25) is 0 Å². The second kappa shape index (κ2) is 5.58. The average molecular weight is 300 g/mol. The highest BCUT2D eigenvalue weighted by molar-refractivity contribution is 7.10. The number of aryl methyl sites for hydroxylation is 2. The van der Waals surface area contributed by atoms with Crippen LogP contribution in [0.15, 0.2) is 29.8 Å². The maximum Gasteiger partial charge on any atom is 0.155 e. The van der Waals surface area contributed by atoms with Crippen molar-refractivity contribution in [2.45, 2.75) is 39.8 Å². The summed E-state index contributed by atoms with van der Waals surface area (Å²) in [6, 6.07) is 6.82. The van der Waals surface area contributed by atoms with Crippen molar-refractivity contribution in [3.05, 3.63) is 51.6 Å². The van der Waals surface area contributed by atoms with E-state index < -0.39 is 0 Å². The van der Waals surface area contributed by atoms with Crippen molar-refractivity contribution in [1.82, 2.24) is 19.9 Å². The van der Waals surface area contributed by atoms with E-state index in [4.69, 9.17) is 0 Å². The lowest BCUT2D eigenvalue weighted by Gasteiger charge is -2.21. The molecular weight excluding hydrogens is 280 g/mol. The number of aromatic nitrogens is 3. The predicted molar refractivity (Wildman–Crippen MR) is 86.7 cm³/mol. The van der Waals surface area contributed by atoms with E-state index in [9.17, 15) is 0 Å². The minimum atomic E-state index is 0.225. The van der Waals surface area contributed by atoms with E-state index in [1.165, 1.54) is 10.4 Å². The number of hydrogen-bond acceptors (Lipinski definition) is 4. The maximum absolute atomic E-state index is 4.52. The molecule has 3 aromatic rings. The Kier molecular flexibility index (Phi) is 3.78. The van der Waals surface area contributed by atoms with Crippen LogP contribution >= 0.6 is 11.3 Å². The SMILES string of the molecule is Cc1cc2ncc(C(C)N[C@@H](C)c3cccs3)c(C)n2n1. The number of hydrogen-bond donors (Lipinski definition) is 1. The van der Waals surface area contributed by atoms with Gasteiger partial charge in [0.05, 0.1) is 5.69 Å². The standard InChI is InChI=1S/C16H20N4S/c1-10-8-16-17-9-14(13(4)20(16)19-10)11(2)18-12(3)15-6-5-7-21-15/h5-9,11-12,18H,1-4H3/t11?,12-/m0/s1. The molecule has 0 fully saturated rings. The lowest BCUT2D eigenvalue weighted by molar-refractivity contribution is 0.494. The van der Waals surface area contributed by atoms with Crippen LogP contribution in [0.2, 0.25) is 0 Å². The van der Waals surface area contributed by atoms with Gasteiger partial charge < -0.3 is 5.32 Å². The van der Waals surface area contributed by atoms with Crippen LogP contribution in [0.3, 0.4) is 0 Å². The minimum Gasteiger partial charge on any atom is -0.303 e. The van der Waals surface area contributed by atoms with Crippen LogP contribution in [0.5, 0.6) is 0 Å². The van der Waals surface area contributed by atoms with Gasteiger partial charge in [0.1, 0.15) is 0 Å².